The first-order chi connectivity index (χ1) is 14.5. The maximum atomic E-state index is 11.9. The van der Waals surface area contributed by atoms with Crippen LogP contribution < -0.4 is 0 Å². The number of carbonyl (C=O) groups excluding carboxylic acids is 1. The standard InChI is InChI=1S/C24H24N4O2/c1-15(29)18-7-8-21-20(13-18)22(24(30)27-21)23(17-5-3-16(14-25)4-6-17)26-19-9-11-28(2)12-10-19/h3-8,13,19,27,30H,9-12H2,1-2H3. The van der Waals surface area contributed by atoms with Gasteiger partial charge in [-0.1, -0.05) is 12.1 Å². The summed E-state index contributed by atoms with van der Waals surface area (Å²) in [5.41, 5.74) is 4.01. The van der Waals surface area contributed by atoms with Gasteiger partial charge in [-0.3, -0.25) is 9.79 Å². The van der Waals surface area contributed by atoms with Crippen molar-refractivity contribution in [2.24, 2.45) is 4.99 Å². The molecule has 1 aliphatic heterocycles. The molecule has 0 bridgehead atoms. The number of aromatic amines is 1. The van der Waals surface area contributed by atoms with E-state index in [1.54, 1.807) is 30.3 Å². The minimum atomic E-state index is -0.0317. The summed E-state index contributed by atoms with van der Waals surface area (Å²) in [4.78, 5) is 22.3. The van der Waals surface area contributed by atoms with Crippen molar-refractivity contribution >= 4 is 22.4 Å². The summed E-state index contributed by atoms with van der Waals surface area (Å²) in [6, 6.07) is 14.9. The number of benzene rings is 2. The van der Waals surface area contributed by atoms with E-state index in [9.17, 15) is 9.90 Å². The monoisotopic (exact) mass is 400 g/mol. The molecule has 0 amide bonds. The average Bonchev–Trinajstić information content (AvgIpc) is 3.08. The predicted octanol–water partition coefficient (Wildman–Crippen LogP) is 3.88. The number of nitriles is 1. The van der Waals surface area contributed by atoms with Gasteiger partial charge in [0.25, 0.3) is 0 Å². The van der Waals surface area contributed by atoms with Crippen LogP contribution in [0.2, 0.25) is 0 Å². The predicted molar refractivity (Wildman–Crippen MR) is 117 cm³/mol. The van der Waals surface area contributed by atoms with E-state index >= 15 is 0 Å². The Balaban J connectivity index is 1.89. The second kappa shape index (κ2) is 8.13. The van der Waals surface area contributed by atoms with Crippen LogP contribution in [-0.4, -0.2) is 52.7 Å². The molecule has 1 saturated heterocycles. The zero-order valence-corrected chi connectivity index (χ0v) is 17.1. The van der Waals surface area contributed by atoms with E-state index in [0.29, 0.717) is 22.4 Å². The van der Waals surface area contributed by atoms with E-state index in [2.05, 4.69) is 23.0 Å². The molecule has 30 heavy (non-hydrogen) atoms. The van der Waals surface area contributed by atoms with E-state index in [0.717, 1.165) is 42.4 Å². The first kappa shape index (κ1) is 19.9. The van der Waals surface area contributed by atoms with E-state index in [1.165, 1.54) is 6.92 Å². The molecule has 3 aromatic rings. The van der Waals surface area contributed by atoms with Gasteiger partial charge in [-0.15, -0.1) is 0 Å². The zero-order valence-electron chi connectivity index (χ0n) is 17.1. The van der Waals surface area contributed by atoms with Gasteiger partial charge >= 0.3 is 0 Å². The number of hydrogen-bond donors (Lipinski definition) is 2. The number of carbonyl (C=O) groups is 1. The second-order valence-corrected chi connectivity index (χ2v) is 7.87. The quantitative estimate of drug-likeness (QED) is 0.513. The normalized spacial score (nSPS) is 16.0. The van der Waals surface area contributed by atoms with Crippen LogP contribution in [-0.2, 0) is 0 Å². The molecule has 0 radical (unpaired) electrons. The van der Waals surface area contributed by atoms with Gasteiger partial charge in [-0.05, 0) is 70.2 Å². The van der Waals surface area contributed by atoms with Crippen LogP contribution in [0.4, 0.5) is 0 Å². The van der Waals surface area contributed by atoms with E-state index in [-0.39, 0.29) is 17.7 Å². The maximum absolute atomic E-state index is 11.9. The van der Waals surface area contributed by atoms with Crippen molar-refractivity contribution in [2.75, 3.05) is 20.1 Å². The van der Waals surface area contributed by atoms with Gasteiger partial charge in [0.1, 0.15) is 0 Å². The SMILES string of the molecule is CC(=O)c1ccc2[nH]c(O)c(C(=NC3CCN(C)CC3)c3ccc(C#N)cc3)c2c1. The van der Waals surface area contributed by atoms with Crippen molar-refractivity contribution in [1.29, 1.82) is 5.26 Å². The van der Waals surface area contributed by atoms with Crippen LogP contribution in [0.3, 0.4) is 0 Å². The smallest absolute Gasteiger partial charge is 0.199 e. The number of aliphatic imine (C=N–C) groups is 1. The Morgan fingerprint density at radius 1 is 1.17 bits per heavy atom. The molecule has 2 N–H and O–H groups in total. The Labute approximate surface area is 175 Å². The molecule has 0 saturated carbocycles. The highest BCUT2D eigenvalue weighted by Gasteiger charge is 2.22. The molecule has 6 heteroatoms. The molecule has 1 fully saturated rings. The Morgan fingerprint density at radius 3 is 2.47 bits per heavy atom. The fourth-order valence-corrected chi connectivity index (χ4v) is 3.93. The molecule has 0 unspecified atom stereocenters. The van der Waals surface area contributed by atoms with Crippen molar-refractivity contribution < 1.29 is 9.90 Å². The van der Waals surface area contributed by atoms with Crippen LogP contribution in [0.1, 0.15) is 46.8 Å². The van der Waals surface area contributed by atoms with Crippen LogP contribution >= 0.6 is 0 Å². The second-order valence-electron chi connectivity index (χ2n) is 7.87. The first-order valence-electron chi connectivity index (χ1n) is 10.1. The van der Waals surface area contributed by atoms with Gasteiger partial charge in [0, 0.05) is 22.0 Å². The maximum Gasteiger partial charge on any atom is 0.199 e. The third kappa shape index (κ3) is 3.85. The number of ketones is 1. The number of piperidine rings is 1. The third-order valence-corrected chi connectivity index (χ3v) is 5.71. The number of rotatable bonds is 4. The molecule has 0 aliphatic carbocycles. The minimum absolute atomic E-state index is 0.0294. The number of nitrogens with zero attached hydrogens (tertiary/aromatic N) is 3. The number of likely N-dealkylation sites (tertiary alicyclic amines) is 1. The summed E-state index contributed by atoms with van der Waals surface area (Å²) >= 11 is 0. The van der Waals surface area contributed by atoms with Gasteiger partial charge < -0.3 is 15.0 Å². The lowest BCUT2D eigenvalue weighted by atomic mass is 9.97. The summed E-state index contributed by atoms with van der Waals surface area (Å²) in [5.74, 6) is -0.00235. The highest BCUT2D eigenvalue weighted by atomic mass is 16.3. The summed E-state index contributed by atoms with van der Waals surface area (Å²) in [6.07, 6.45) is 1.89. The number of aromatic hydroxyl groups is 1. The van der Waals surface area contributed by atoms with Crippen LogP contribution in [0.25, 0.3) is 10.9 Å². The van der Waals surface area contributed by atoms with Gasteiger partial charge in [0.05, 0.1) is 28.9 Å². The Morgan fingerprint density at radius 2 is 1.83 bits per heavy atom. The van der Waals surface area contributed by atoms with Gasteiger partial charge in [-0.25, -0.2) is 0 Å². The summed E-state index contributed by atoms with van der Waals surface area (Å²) in [6.45, 7) is 3.48. The van der Waals surface area contributed by atoms with Crippen molar-refractivity contribution in [3.05, 3.63) is 64.7 Å². The number of H-pyrrole nitrogens is 1. The Kier molecular flexibility index (Phi) is 5.39. The summed E-state index contributed by atoms with van der Waals surface area (Å²) < 4.78 is 0. The van der Waals surface area contributed by atoms with Gasteiger partial charge in [-0.2, -0.15) is 5.26 Å². The van der Waals surface area contributed by atoms with Crippen molar-refractivity contribution in [3.63, 3.8) is 0 Å². The highest BCUT2D eigenvalue weighted by molar-refractivity contribution is 6.21. The fraction of sp³-hybridized carbons (Fsp3) is 0.292. The molecule has 2 heterocycles. The lowest BCUT2D eigenvalue weighted by Gasteiger charge is -2.27. The number of Topliss-reactive ketones (excluding diaryl/α,β-unsaturated/α-hetero) is 1. The molecule has 1 aliphatic rings. The lowest BCUT2D eigenvalue weighted by Crippen LogP contribution is -2.32. The average molecular weight is 400 g/mol. The molecule has 4 rings (SSSR count). The number of hydrogen-bond acceptors (Lipinski definition) is 5. The molecule has 152 valence electrons. The summed E-state index contributed by atoms with van der Waals surface area (Å²) in [5, 5.41) is 20.7. The first-order valence-corrected chi connectivity index (χ1v) is 10.1. The van der Waals surface area contributed by atoms with E-state index in [4.69, 9.17) is 10.3 Å². The molecule has 1 aromatic heterocycles. The topological polar surface area (TPSA) is 92.5 Å². The van der Waals surface area contributed by atoms with E-state index < -0.39 is 0 Å². The van der Waals surface area contributed by atoms with Gasteiger partial charge in [0.2, 0.25) is 0 Å². The Bertz CT molecular complexity index is 1160. The van der Waals surface area contributed by atoms with Crippen LogP contribution in [0.5, 0.6) is 5.88 Å². The molecular formula is C24H24N4O2. The van der Waals surface area contributed by atoms with Crippen LogP contribution in [0.15, 0.2) is 47.5 Å². The molecule has 2 aromatic carbocycles. The number of nitrogens with one attached hydrogen (secondary N) is 1. The molecule has 0 spiro atoms. The van der Waals surface area contributed by atoms with Gasteiger partial charge in [0.15, 0.2) is 11.7 Å². The lowest BCUT2D eigenvalue weighted by molar-refractivity contribution is 0.101. The summed E-state index contributed by atoms with van der Waals surface area (Å²) in [7, 11) is 2.11. The highest BCUT2D eigenvalue weighted by Crippen LogP contribution is 2.32. The third-order valence-electron chi connectivity index (χ3n) is 5.71. The van der Waals surface area contributed by atoms with Crippen molar-refractivity contribution in [3.8, 4) is 11.9 Å². The van der Waals surface area contributed by atoms with Crippen LogP contribution in [0, 0.1) is 11.3 Å². The largest absolute Gasteiger partial charge is 0.494 e. The molecular weight excluding hydrogens is 376 g/mol. The number of aromatic nitrogens is 1. The Hall–Kier alpha value is -3.43. The number of fused-ring (bicyclic) bond motifs is 1. The minimum Gasteiger partial charge on any atom is -0.494 e. The van der Waals surface area contributed by atoms with E-state index in [1.807, 2.05) is 12.1 Å². The molecule has 0 atom stereocenters. The molecule has 6 nitrogen and oxygen atoms in total. The zero-order chi connectivity index (χ0) is 21.3. The van der Waals surface area contributed by atoms with Crippen molar-refractivity contribution in [1.82, 2.24) is 9.88 Å². The van der Waals surface area contributed by atoms with Crippen molar-refractivity contribution in [2.45, 2.75) is 25.8 Å². The fourth-order valence-electron chi connectivity index (χ4n) is 3.93.